The number of aromatic amines is 1. The minimum atomic E-state index is -0.479. The summed E-state index contributed by atoms with van der Waals surface area (Å²) in [6.07, 6.45) is 1.60. The fourth-order valence-electron chi connectivity index (χ4n) is 2.62. The number of nitriles is 1. The molecule has 0 aliphatic carbocycles. The van der Waals surface area contributed by atoms with Crippen molar-refractivity contribution >= 4 is 40.1 Å². The van der Waals surface area contributed by atoms with Gasteiger partial charge >= 0.3 is 0 Å². The second-order valence-corrected chi connectivity index (χ2v) is 6.78. The van der Waals surface area contributed by atoms with Crippen molar-refractivity contribution in [2.75, 3.05) is 0 Å². The maximum absolute atomic E-state index is 10.8. The topological polar surface area (TPSA) is 109 Å². The molecule has 0 saturated heterocycles. The highest BCUT2D eigenvalue weighted by Crippen LogP contribution is 2.30. The molecule has 7 nitrogen and oxygen atoms in total. The normalized spacial score (nSPS) is 11.5. The number of imidazole rings is 1. The molecular weight excluding hydrogens is 376 g/mol. The lowest BCUT2D eigenvalue weighted by Gasteiger charge is -1.98. The highest BCUT2D eigenvalue weighted by Gasteiger charge is 2.10. The lowest BCUT2D eigenvalue weighted by atomic mass is 10.1. The van der Waals surface area contributed by atoms with Crippen LogP contribution >= 0.6 is 11.8 Å². The van der Waals surface area contributed by atoms with Gasteiger partial charge in [-0.25, -0.2) is 4.98 Å². The third-order valence-electron chi connectivity index (χ3n) is 3.96. The van der Waals surface area contributed by atoms with E-state index in [0.717, 1.165) is 11.0 Å². The number of nitro groups is 1. The first-order valence-corrected chi connectivity index (χ1v) is 9.03. The van der Waals surface area contributed by atoms with Crippen LogP contribution in [0.1, 0.15) is 11.3 Å². The summed E-state index contributed by atoms with van der Waals surface area (Å²) in [5.41, 5.74) is 2.73. The van der Waals surface area contributed by atoms with Gasteiger partial charge in [-0.3, -0.25) is 10.1 Å². The summed E-state index contributed by atoms with van der Waals surface area (Å²) >= 11 is 1.35. The van der Waals surface area contributed by atoms with Gasteiger partial charge in [-0.15, -0.1) is 0 Å². The van der Waals surface area contributed by atoms with Gasteiger partial charge in [0.1, 0.15) is 5.76 Å². The summed E-state index contributed by atoms with van der Waals surface area (Å²) in [7, 11) is 0. The number of furan rings is 1. The Morgan fingerprint density at radius 3 is 2.68 bits per heavy atom. The molecule has 0 fully saturated rings. The Bertz CT molecular complexity index is 1200. The van der Waals surface area contributed by atoms with E-state index in [9.17, 15) is 15.4 Å². The lowest BCUT2D eigenvalue weighted by molar-refractivity contribution is -0.384. The molecule has 0 spiro atoms. The number of nitrogens with zero attached hydrogens (tertiary/aromatic N) is 3. The zero-order chi connectivity index (χ0) is 19.5. The van der Waals surface area contributed by atoms with Crippen molar-refractivity contribution in [3.05, 3.63) is 82.1 Å². The first-order valence-electron chi connectivity index (χ1n) is 8.21. The van der Waals surface area contributed by atoms with E-state index in [4.69, 9.17) is 4.42 Å². The predicted molar refractivity (Wildman–Crippen MR) is 106 cm³/mol. The zero-order valence-electron chi connectivity index (χ0n) is 14.3. The van der Waals surface area contributed by atoms with E-state index in [1.807, 2.05) is 24.3 Å². The molecule has 0 amide bonds. The summed E-state index contributed by atoms with van der Waals surface area (Å²) in [6.45, 7) is 0. The van der Waals surface area contributed by atoms with E-state index in [-0.39, 0.29) is 5.69 Å². The molecule has 0 atom stereocenters. The van der Waals surface area contributed by atoms with Gasteiger partial charge in [-0.05, 0) is 59.8 Å². The molecule has 136 valence electrons. The molecule has 0 unspecified atom stereocenters. The van der Waals surface area contributed by atoms with Crippen LogP contribution in [-0.4, -0.2) is 14.9 Å². The third-order valence-corrected chi connectivity index (χ3v) is 4.77. The van der Waals surface area contributed by atoms with Crippen LogP contribution in [0.2, 0.25) is 0 Å². The Balaban J connectivity index is 1.55. The lowest BCUT2D eigenvalue weighted by Crippen LogP contribution is -1.88. The molecule has 1 N–H and O–H groups in total. The Kier molecular flexibility index (Phi) is 4.66. The van der Waals surface area contributed by atoms with Gasteiger partial charge in [-0.2, -0.15) is 5.26 Å². The van der Waals surface area contributed by atoms with Crippen LogP contribution in [-0.2, 0) is 0 Å². The number of benzene rings is 2. The van der Waals surface area contributed by atoms with Crippen molar-refractivity contribution in [3.8, 4) is 6.07 Å². The van der Waals surface area contributed by atoms with Crippen molar-refractivity contribution < 1.29 is 9.34 Å². The van der Waals surface area contributed by atoms with Gasteiger partial charge in [0.05, 0.1) is 27.6 Å². The number of nitrogens with one attached hydrogen (secondary N) is 1. The molecule has 0 aliphatic rings. The molecule has 0 aliphatic heterocycles. The Morgan fingerprint density at radius 1 is 1.18 bits per heavy atom. The van der Waals surface area contributed by atoms with Crippen molar-refractivity contribution in [1.29, 1.82) is 5.26 Å². The molecule has 8 heteroatoms. The van der Waals surface area contributed by atoms with Crippen molar-refractivity contribution in [1.82, 2.24) is 9.97 Å². The predicted octanol–water partition coefficient (Wildman–Crippen LogP) is 5.28. The molecule has 4 rings (SSSR count). The Labute approximate surface area is 163 Å². The third kappa shape index (κ3) is 3.65. The number of aromatic nitrogens is 2. The van der Waals surface area contributed by atoms with Gasteiger partial charge in [0.2, 0.25) is 0 Å². The van der Waals surface area contributed by atoms with E-state index >= 15 is 0 Å². The number of hydrogen-bond acceptors (Lipinski definition) is 6. The monoisotopic (exact) mass is 388 g/mol. The van der Waals surface area contributed by atoms with Crippen LogP contribution in [0.3, 0.4) is 0 Å². The highest BCUT2D eigenvalue weighted by atomic mass is 32.2. The first kappa shape index (κ1) is 17.6. The van der Waals surface area contributed by atoms with Crippen molar-refractivity contribution in [3.63, 3.8) is 0 Å². The van der Waals surface area contributed by atoms with Gasteiger partial charge in [-0.1, -0.05) is 12.1 Å². The fourth-order valence-corrected chi connectivity index (χ4v) is 3.39. The Morgan fingerprint density at radius 2 is 1.96 bits per heavy atom. The minimum Gasteiger partial charge on any atom is -0.450 e. The molecule has 2 aromatic heterocycles. The number of nitro benzene ring substituents is 1. The number of hydrogen-bond donors (Lipinski definition) is 1. The van der Waals surface area contributed by atoms with Crippen LogP contribution in [0, 0.1) is 21.4 Å². The number of fused-ring (bicyclic) bond motifs is 1. The highest BCUT2D eigenvalue weighted by molar-refractivity contribution is 7.99. The van der Waals surface area contributed by atoms with Gasteiger partial charge in [0, 0.05) is 12.1 Å². The second kappa shape index (κ2) is 7.42. The number of non-ortho nitro benzene ring substituents is 1. The maximum Gasteiger partial charge on any atom is 0.269 e. The molecule has 2 heterocycles. The zero-order valence-corrected chi connectivity index (χ0v) is 15.1. The average Bonchev–Trinajstić information content (AvgIpc) is 3.32. The van der Waals surface area contributed by atoms with E-state index < -0.39 is 4.92 Å². The van der Waals surface area contributed by atoms with E-state index in [2.05, 4.69) is 16.0 Å². The summed E-state index contributed by atoms with van der Waals surface area (Å²) in [4.78, 5) is 18.0. The largest absolute Gasteiger partial charge is 0.450 e. The quantitative estimate of drug-likeness (QED) is 0.283. The molecule has 4 aromatic rings. The standard InChI is InChI=1S/C20H12N4O3S/c21-12-14(13-5-7-15(8-6-13)24(25)26)11-16-9-10-19(27-16)28-20-22-17-3-1-2-4-18(17)23-20/h1-11H,(H,22,23). The summed E-state index contributed by atoms with van der Waals surface area (Å²) in [6, 6.07) is 19.2. The summed E-state index contributed by atoms with van der Waals surface area (Å²) < 4.78 is 5.77. The van der Waals surface area contributed by atoms with Gasteiger partial charge in [0.25, 0.3) is 5.69 Å². The van der Waals surface area contributed by atoms with Crippen LogP contribution in [0.5, 0.6) is 0 Å². The summed E-state index contributed by atoms with van der Waals surface area (Å²) in [5, 5.41) is 21.5. The van der Waals surface area contributed by atoms with Gasteiger partial charge < -0.3 is 9.40 Å². The fraction of sp³-hybridized carbons (Fsp3) is 0. The Hall–Kier alpha value is -3.83. The molecule has 0 bridgehead atoms. The van der Waals surface area contributed by atoms with Crippen molar-refractivity contribution in [2.24, 2.45) is 0 Å². The van der Waals surface area contributed by atoms with Crippen LogP contribution in [0.4, 0.5) is 5.69 Å². The van der Waals surface area contributed by atoms with Crippen LogP contribution in [0.25, 0.3) is 22.7 Å². The van der Waals surface area contributed by atoms with Crippen LogP contribution in [0.15, 0.2) is 75.3 Å². The van der Waals surface area contributed by atoms with E-state index in [1.54, 1.807) is 30.3 Å². The second-order valence-electron chi connectivity index (χ2n) is 5.79. The van der Waals surface area contributed by atoms with Gasteiger partial charge in [0.15, 0.2) is 10.2 Å². The number of para-hydroxylation sites is 2. The van der Waals surface area contributed by atoms with E-state index in [0.29, 0.717) is 27.1 Å². The smallest absolute Gasteiger partial charge is 0.269 e. The number of allylic oxidation sites excluding steroid dienone is 1. The van der Waals surface area contributed by atoms with Crippen LogP contribution < -0.4 is 0 Å². The summed E-state index contributed by atoms with van der Waals surface area (Å²) in [5.74, 6) is 0.508. The molecule has 2 aromatic carbocycles. The van der Waals surface area contributed by atoms with E-state index in [1.165, 1.54) is 23.9 Å². The number of rotatable bonds is 5. The first-order chi connectivity index (χ1) is 13.6. The molecule has 0 saturated carbocycles. The minimum absolute atomic E-state index is 0.0245. The number of H-pyrrole nitrogens is 1. The molecule has 0 radical (unpaired) electrons. The maximum atomic E-state index is 10.8. The molecular formula is C20H12N4O3S. The SMILES string of the molecule is N#CC(=Cc1ccc(Sc2nc3ccccc3[nH]2)o1)c1ccc([N+](=O)[O-])cc1. The average molecular weight is 388 g/mol. The van der Waals surface area contributed by atoms with Crippen molar-refractivity contribution in [2.45, 2.75) is 10.2 Å². The molecule has 28 heavy (non-hydrogen) atoms.